The first-order valence-corrected chi connectivity index (χ1v) is 7.66. The molecule has 1 nitrogen and oxygen atoms in total. The van der Waals surface area contributed by atoms with Gasteiger partial charge in [0.25, 0.3) is 0 Å². The van der Waals surface area contributed by atoms with Crippen LogP contribution >= 0.6 is 27.7 Å². The third-order valence-corrected chi connectivity index (χ3v) is 5.37. The van der Waals surface area contributed by atoms with E-state index in [4.69, 9.17) is 5.73 Å². The van der Waals surface area contributed by atoms with E-state index in [0.717, 1.165) is 11.7 Å². The van der Waals surface area contributed by atoms with E-state index in [1.54, 1.807) is 0 Å². The van der Waals surface area contributed by atoms with E-state index >= 15 is 0 Å². The minimum Gasteiger partial charge on any atom is -0.327 e. The SMILES string of the molecule is NC(CSc1ccccc1Br)CC1CCC1. The predicted octanol–water partition coefficient (Wildman–Crippen LogP) is 4.06. The zero-order valence-corrected chi connectivity index (χ0v) is 11.8. The van der Waals surface area contributed by atoms with Gasteiger partial charge in [-0.25, -0.2) is 0 Å². The molecule has 2 N–H and O–H groups in total. The Morgan fingerprint density at radius 2 is 2.12 bits per heavy atom. The first-order chi connectivity index (χ1) is 7.75. The molecule has 0 aliphatic heterocycles. The zero-order chi connectivity index (χ0) is 11.4. The molecule has 0 heterocycles. The molecule has 0 bridgehead atoms. The molecule has 16 heavy (non-hydrogen) atoms. The Labute approximate surface area is 110 Å². The van der Waals surface area contributed by atoms with Gasteiger partial charge in [-0.05, 0) is 40.4 Å². The summed E-state index contributed by atoms with van der Waals surface area (Å²) in [6, 6.07) is 8.69. The topological polar surface area (TPSA) is 26.0 Å². The van der Waals surface area contributed by atoms with Gasteiger partial charge in [0.2, 0.25) is 0 Å². The summed E-state index contributed by atoms with van der Waals surface area (Å²) in [6.07, 6.45) is 5.41. The van der Waals surface area contributed by atoms with Crippen molar-refractivity contribution in [3.63, 3.8) is 0 Å². The summed E-state index contributed by atoms with van der Waals surface area (Å²) in [4.78, 5) is 1.30. The summed E-state index contributed by atoms with van der Waals surface area (Å²) >= 11 is 5.42. The molecule has 2 rings (SSSR count). The van der Waals surface area contributed by atoms with Gasteiger partial charge < -0.3 is 5.73 Å². The maximum Gasteiger partial charge on any atom is 0.0311 e. The number of benzene rings is 1. The fourth-order valence-electron chi connectivity index (χ4n) is 1.98. The van der Waals surface area contributed by atoms with Gasteiger partial charge in [-0.2, -0.15) is 0 Å². The second kappa shape index (κ2) is 6.08. The molecule has 1 unspecified atom stereocenters. The minimum absolute atomic E-state index is 0.349. The minimum atomic E-state index is 0.349. The first-order valence-electron chi connectivity index (χ1n) is 5.88. The molecule has 1 aromatic rings. The second-order valence-electron chi connectivity index (χ2n) is 4.53. The van der Waals surface area contributed by atoms with Gasteiger partial charge in [0.15, 0.2) is 0 Å². The molecule has 0 aromatic heterocycles. The Hall–Kier alpha value is 0.01000. The van der Waals surface area contributed by atoms with E-state index in [1.165, 1.54) is 35.1 Å². The van der Waals surface area contributed by atoms with Crippen molar-refractivity contribution in [1.29, 1.82) is 0 Å². The molecule has 88 valence electrons. The normalized spacial score (nSPS) is 18.1. The standard InChI is InChI=1S/C13H18BrNS/c14-12-6-1-2-7-13(12)16-9-11(15)8-10-4-3-5-10/h1-2,6-7,10-11H,3-5,8-9,15H2. The molecule has 3 heteroatoms. The number of hydrogen-bond acceptors (Lipinski definition) is 2. The lowest BCUT2D eigenvalue weighted by molar-refractivity contribution is 0.282. The molecule has 1 saturated carbocycles. The highest BCUT2D eigenvalue weighted by Gasteiger charge is 2.20. The van der Waals surface area contributed by atoms with Crippen molar-refractivity contribution < 1.29 is 0 Å². The molecule has 0 saturated heterocycles. The maximum atomic E-state index is 6.15. The van der Waals surface area contributed by atoms with E-state index in [9.17, 15) is 0 Å². The van der Waals surface area contributed by atoms with Crippen LogP contribution in [0.5, 0.6) is 0 Å². The summed E-state index contributed by atoms with van der Waals surface area (Å²) in [5.41, 5.74) is 6.15. The molecule has 0 amide bonds. The van der Waals surface area contributed by atoms with E-state index < -0.39 is 0 Å². The van der Waals surface area contributed by atoms with Crippen molar-refractivity contribution in [3.05, 3.63) is 28.7 Å². The summed E-state index contributed by atoms with van der Waals surface area (Å²) in [5, 5.41) is 0. The van der Waals surface area contributed by atoms with Gasteiger partial charge in [0.05, 0.1) is 0 Å². The van der Waals surface area contributed by atoms with E-state index in [1.807, 2.05) is 17.8 Å². The average Bonchev–Trinajstić information content (AvgIpc) is 2.22. The van der Waals surface area contributed by atoms with Crippen LogP contribution in [-0.4, -0.2) is 11.8 Å². The van der Waals surface area contributed by atoms with Crippen molar-refractivity contribution in [2.24, 2.45) is 11.7 Å². The molecule has 1 atom stereocenters. The predicted molar refractivity (Wildman–Crippen MR) is 74.8 cm³/mol. The lowest BCUT2D eigenvalue weighted by Gasteiger charge is -2.27. The van der Waals surface area contributed by atoms with Crippen molar-refractivity contribution in [2.75, 3.05) is 5.75 Å². The number of hydrogen-bond donors (Lipinski definition) is 1. The van der Waals surface area contributed by atoms with Crippen molar-refractivity contribution in [1.82, 2.24) is 0 Å². The third kappa shape index (κ3) is 3.51. The van der Waals surface area contributed by atoms with E-state index in [0.29, 0.717) is 6.04 Å². The highest BCUT2D eigenvalue weighted by Crippen LogP contribution is 2.32. The maximum absolute atomic E-state index is 6.15. The van der Waals surface area contributed by atoms with Gasteiger partial charge in [0.1, 0.15) is 0 Å². The van der Waals surface area contributed by atoms with Crippen LogP contribution in [0, 0.1) is 5.92 Å². The molecule has 0 spiro atoms. The lowest BCUT2D eigenvalue weighted by Crippen LogP contribution is -2.28. The summed E-state index contributed by atoms with van der Waals surface area (Å²) in [5.74, 6) is 1.94. The average molecular weight is 300 g/mol. The quantitative estimate of drug-likeness (QED) is 0.830. The van der Waals surface area contributed by atoms with Crippen molar-refractivity contribution in [3.8, 4) is 0 Å². The van der Waals surface area contributed by atoms with Crippen molar-refractivity contribution in [2.45, 2.75) is 36.6 Å². The van der Waals surface area contributed by atoms with Crippen LogP contribution in [0.3, 0.4) is 0 Å². The van der Waals surface area contributed by atoms with E-state index in [2.05, 4.69) is 34.1 Å². The van der Waals surface area contributed by atoms with Gasteiger partial charge in [0, 0.05) is 21.2 Å². The van der Waals surface area contributed by atoms with Crippen LogP contribution in [0.4, 0.5) is 0 Å². The summed E-state index contributed by atoms with van der Waals surface area (Å²) in [6.45, 7) is 0. The molecule has 0 radical (unpaired) electrons. The number of rotatable bonds is 5. The first kappa shape index (κ1) is 12.5. The number of nitrogens with two attached hydrogens (primary N) is 1. The zero-order valence-electron chi connectivity index (χ0n) is 9.36. The molecular formula is C13H18BrNS. The third-order valence-electron chi connectivity index (χ3n) is 3.15. The molecule has 1 aliphatic rings. The van der Waals surface area contributed by atoms with Crippen LogP contribution in [0.2, 0.25) is 0 Å². The van der Waals surface area contributed by atoms with Crippen LogP contribution in [0.1, 0.15) is 25.7 Å². The van der Waals surface area contributed by atoms with Crippen LogP contribution in [0.15, 0.2) is 33.6 Å². The van der Waals surface area contributed by atoms with Gasteiger partial charge in [-0.1, -0.05) is 31.4 Å². The highest BCUT2D eigenvalue weighted by atomic mass is 79.9. The Bertz CT molecular complexity index is 338. The van der Waals surface area contributed by atoms with Crippen LogP contribution < -0.4 is 5.73 Å². The van der Waals surface area contributed by atoms with Gasteiger partial charge >= 0.3 is 0 Å². The van der Waals surface area contributed by atoms with Crippen molar-refractivity contribution >= 4 is 27.7 Å². The molecular weight excluding hydrogens is 282 g/mol. The highest BCUT2D eigenvalue weighted by molar-refractivity contribution is 9.10. The Morgan fingerprint density at radius 1 is 1.38 bits per heavy atom. The largest absolute Gasteiger partial charge is 0.327 e. The smallest absolute Gasteiger partial charge is 0.0311 e. The Morgan fingerprint density at radius 3 is 2.75 bits per heavy atom. The molecule has 1 aromatic carbocycles. The molecule has 1 fully saturated rings. The monoisotopic (exact) mass is 299 g/mol. The van der Waals surface area contributed by atoms with Crippen LogP contribution in [-0.2, 0) is 0 Å². The van der Waals surface area contributed by atoms with Gasteiger partial charge in [-0.15, -0.1) is 11.8 Å². The van der Waals surface area contributed by atoms with Crippen LogP contribution in [0.25, 0.3) is 0 Å². The molecule has 1 aliphatic carbocycles. The number of thioether (sulfide) groups is 1. The van der Waals surface area contributed by atoms with Gasteiger partial charge in [-0.3, -0.25) is 0 Å². The Kier molecular flexibility index (Phi) is 4.74. The fourth-order valence-corrected chi connectivity index (χ4v) is 3.52. The second-order valence-corrected chi connectivity index (χ2v) is 6.45. The summed E-state index contributed by atoms with van der Waals surface area (Å²) < 4.78 is 1.18. The Balaban J connectivity index is 1.75. The summed E-state index contributed by atoms with van der Waals surface area (Å²) in [7, 11) is 0. The van der Waals surface area contributed by atoms with E-state index in [-0.39, 0.29) is 0 Å². The number of halogens is 1. The lowest BCUT2D eigenvalue weighted by atomic mass is 9.81. The fraction of sp³-hybridized carbons (Fsp3) is 0.538.